The second-order valence-electron chi connectivity index (χ2n) is 7.21. The third kappa shape index (κ3) is 3.99. The zero-order valence-electron chi connectivity index (χ0n) is 16.4. The summed E-state index contributed by atoms with van der Waals surface area (Å²) in [7, 11) is 1.65. The highest BCUT2D eigenvalue weighted by Gasteiger charge is 2.32. The number of para-hydroxylation sites is 1. The average Bonchev–Trinajstić information content (AvgIpc) is 2.73. The zero-order chi connectivity index (χ0) is 20.4. The molecule has 0 N–H and O–H groups in total. The Morgan fingerprint density at radius 2 is 1.90 bits per heavy atom. The fourth-order valence-electron chi connectivity index (χ4n) is 3.81. The van der Waals surface area contributed by atoms with Gasteiger partial charge in [0.2, 0.25) is 0 Å². The number of carbonyl (C=O) groups is 1. The summed E-state index contributed by atoms with van der Waals surface area (Å²) in [4.78, 5) is 17.5. The normalized spacial score (nSPS) is 15.7. The molecule has 0 amide bonds. The average molecular weight is 408 g/mol. The fraction of sp³-hybridized carbons (Fsp3) is 0.250. The number of aryl methyl sites for hydroxylation is 2. The van der Waals surface area contributed by atoms with E-state index in [4.69, 9.17) is 21.1 Å². The molecule has 1 aromatic heterocycles. The van der Waals surface area contributed by atoms with Gasteiger partial charge in [0.25, 0.3) is 0 Å². The molecule has 0 aliphatic heterocycles. The number of hydrogen-bond acceptors (Lipinski definition) is 4. The first kappa shape index (κ1) is 19.5. The molecule has 0 saturated heterocycles. The molecule has 1 atom stereocenters. The van der Waals surface area contributed by atoms with Crippen LogP contribution in [0, 0.1) is 6.92 Å². The van der Waals surface area contributed by atoms with Crippen molar-refractivity contribution >= 4 is 17.4 Å². The Morgan fingerprint density at radius 3 is 2.66 bits per heavy atom. The predicted molar refractivity (Wildman–Crippen MR) is 113 cm³/mol. The van der Waals surface area contributed by atoms with E-state index >= 15 is 0 Å². The molecular formula is C24H22ClNO3. The molecule has 1 heterocycles. The molecule has 29 heavy (non-hydrogen) atoms. The first-order valence-corrected chi connectivity index (χ1v) is 9.99. The Bertz CT molecular complexity index is 1050. The molecule has 2 aromatic carbocycles. The summed E-state index contributed by atoms with van der Waals surface area (Å²) in [5, 5.41) is 0.425. The highest BCUT2D eigenvalue weighted by atomic mass is 35.5. The van der Waals surface area contributed by atoms with Crippen LogP contribution in [0.4, 0.5) is 0 Å². The minimum absolute atomic E-state index is 0.0790. The summed E-state index contributed by atoms with van der Waals surface area (Å²) in [6.07, 6.45) is 1.42. The first-order valence-electron chi connectivity index (χ1n) is 9.61. The van der Waals surface area contributed by atoms with E-state index in [9.17, 15) is 4.79 Å². The minimum atomic E-state index is -0.240. The number of benzene rings is 2. The molecule has 0 bridgehead atoms. The number of ether oxygens (including phenoxy) is 2. The van der Waals surface area contributed by atoms with Crippen molar-refractivity contribution in [3.63, 3.8) is 0 Å². The summed E-state index contributed by atoms with van der Waals surface area (Å²) < 4.78 is 11.4. The van der Waals surface area contributed by atoms with E-state index < -0.39 is 0 Å². The van der Waals surface area contributed by atoms with E-state index in [1.54, 1.807) is 19.2 Å². The number of halogens is 1. The van der Waals surface area contributed by atoms with Crippen molar-refractivity contribution < 1.29 is 14.3 Å². The molecule has 1 unspecified atom stereocenters. The molecule has 4 nitrogen and oxygen atoms in total. The molecule has 0 fully saturated rings. The Morgan fingerprint density at radius 1 is 1.10 bits per heavy atom. The van der Waals surface area contributed by atoms with Gasteiger partial charge in [-0.2, -0.15) is 0 Å². The smallest absolute Gasteiger partial charge is 0.172 e. The van der Waals surface area contributed by atoms with Crippen LogP contribution >= 0.6 is 11.6 Å². The van der Waals surface area contributed by atoms with Crippen LogP contribution in [0.1, 0.15) is 45.1 Å². The fourth-order valence-corrected chi connectivity index (χ4v) is 3.98. The number of carbonyl (C=O) groups excluding carboxylic acids is 1. The number of hydrogen-bond donors (Lipinski definition) is 0. The minimum Gasteiger partial charge on any atom is -0.497 e. The molecule has 3 aromatic rings. The van der Waals surface area contributed by atoms with Crippen LogP contribution in [0.2, 0.25) is 5.15 Å². The second-order valence-corrected chi connectivity index (χ2v) is 7.60. The third-order valence-electron chi connectivity index (χ3n) is 5.35. The van der Waals surface area contributed by atoms with Crippen LogP contribution in [0.3, 0.4) is 0 Å². The second kappa shape index (κ2) is 8.26. The van der Waals surface area contributed by atoms with Gasteiger partial charge in [-0.25, -0.2) is 4.98 Å². The lowest BCUT2D eigenvalue weighted by molar-refractivity contribution is 0.0943. The Kier molecular flexibility index (Phi) is 5.54. The van der Waals surface area contributed by atoms with Crippen molar-refractivity contribution in [2.45, 2.75) is 32.3 Å². The van der Waals surface area contributed by atoms with Crippen molar-refractivity contribution in [3.8, 4) is 11.5 Å². The summed E-state index contributed by atoms with van der Waals surface area (Å²) in [5.41, 5.74) is 4.44. The number of rotatable bonds is 5. The Labute approximate surface area is 175 Å². The summed E-state index contributed by atoms with van der Waals surface area (Å²) in [5.74, 6) is 1.43. The van der Waals surface area contributed by atoms with Gasteiger partial charge in [-0.1, -0.05) is 41.9 Å². The molecule has 148 valence electrons. The number of aromatic nitrogens is 1. The van der Waals surface area contributed by atoms with Crippen LogP contribution in [0.5, 0.6) is 11.5 Å². The van der Waals surface area contributed by atoms with Gasteiger partial charge in [0.15, 0.2) is 5.78 Å². The highest BCUT2D eigenvalue weighted by molar-refractivity contribution is 6.29. The van der Waals surface area contributed by atoms with Crippen LogP contribution in [0.25, 0.3) is 0 Å². The maximum atomic E-state index is 13.2. The molecule has 1 aliphatic carbocycles. The quantitative estimate of drug-likeness (QED) is 0.521. The predicted octanol–water partition coefficient (Wildman–Crippen LogP) is 5.54. The SMILES string of the molecule is COc1ccc(COc2c(C)cccc2C2CCc3nc(Cl)ccc3C2=O)cc1. The van der Waals surface area contributed by atoms with Crippen molar-refractivity contribution in [2.75, 3.05) is 7.11 Å². The Hall–Kier alpha value is -2.85. The van der Waals surface area contributed by atoms with Crippen LogP contribution in [-0.2, 0) is 13.0 Å². The maximum Gasteiger partial charge on any atom is 0.172 e. The van der Waals surface area contributed by atoms with Gasteiger partial charge >= 0.3 is 0 Å². The number of nitrogens with zero attached hydrogens (tertiary/aromatic N) is 1. The van der Waals surface area contributed by atoms with Gasteiger partial charge in [-0.3, -0.25) is 4.79 Å². The van der Waals surface area contributed by atoms with Gasteiger partial charge in [0.05, 0.1) is 18.7 Å². The molecule has 4 rings (SSSR count). The number of Topliss-reactive ketones (excluding diaryl/α,β-unsaturated/α-hetero) is 1. The lowest BCUT2D eigenvalue weighted by atomic mass is 9.80. The van der Waals surface area contributed by atoms with E-state index in [-0.39, 0.29) is 11.7 Å². The number of ketones is 1. The molecular weight excluding hydrogens is 386 g/mol. The topological polar surface area (TPSA) is 48.4 Å². The van der Waals surface area contributed by atoms with Gasteiger partial charge in [0, 0.05) is 11.1 Å². The first-order chi connectivity index (χ1) is 14.1. The van der Waals surface area contributed by atoms with E-state index in [1.807, 2.05) is 49.4 Å². The van der Waals surface area contributed by atoms with Crippen molar-refractivity contribution in [3.05, 3.63) is 87.7 Å². The molecule has 0 spiro atoms. The largest absolute Gasteiger partial charge is 0.497 e. The summed E-state index contributed by atoms with van der Waals surface area (Å²) in [6, 6.07) is 17.2. The maximum absolute atomic E-state index is 13.2. The van der Waals surface area contributed by atoms with E-state index in [1.165, 1.54) is 0 Å². The van der Waals surface area contributed by atoms with Crippen molar-refractivity contribution in [1.82, 2.24) is 4.98 Å². The van der Waals surface area contributed by atoms with E-state index in [0.717, 1.165) is 40.3 Å². The van der Waals surface area contributed by atoms with Gasteiger partial charge in [0.1, 0.15) is 23.3 Å². The number of methoxy groups -OCH3 is 1. The summed E-state index contributed by atoms with van der Waals surface area (Å²) >= 11 is 5.99. The zero-order valence-corrected chi connectivity index (χ0v) is 17.2. The van der Waals surface area contributed by atoms with E-state index in [2.05, 4.69) is 4.98 Å². The molecule has 5 heteroatoms. The van der Waals surface area contributed by atoms with Crippen LogP contribution < -0.4 is 9.47 Å². The summed E-state index contributed by atoms with van der Waals surface area (Å²) in [6.45, 7) is 2.44. The monoisotopic (exact) mass is 407 g/mol. The number of pyridine rings is 1. The number of fused-ring (bicyclic) bond motifs is 1. The lowest BCUT2D eigenvalue weighted by Gasteiger charge is -2.25. The van der Waals surface area contributed by atoms with Gasteiger partial charge in [-0.05, 0) is 55.2 Å². The van der Waals surface area contributed by atoms with Gasteiger partial charge < -0.3 is 9.47 Å². The van der Waals surface area contributed by atoms with Gasteiger partial charge in [-0.15, -0.1) is 0 Å². The van der Waals surface area contributed by atoms with Crippen LogP contribution in [0.15, 0.2) is 54.6 Å². The van der Waals surface area contributed by atoms with Crippen LogP contribution in [-0.4, -0.2) is 17.9 Å². The molecule has 0 saturated carbocycles. The van der Waals surface area contributed by atoms with Crippen molar-refractivity contribution in [2.24, 2.45) is 0 Å². The Balaban J connectivity index is 1.60. The molecule has 1 aliphatic rings. The van der Waals surface area contributed by atoms with E-state index in [0.29, 0.717) is 23.7 Å². The third-order valence-corrected chi connectivity index (χ3v) is 5.56. The standard InChI is InChI=1S/C24H22ClNO3/c1-15-4-3-5-19(24(15)29-14-16-6-8-17(28-2)9-7-16)18-10-12-21-20(23(18)27)11-13-22(25)26-21/h3-9,11,13,18H,10,12,14H2,1-2H3. The lowest BCUT2D eigenvalue weighted by Crippen LogP contribution is -2.22. The highest BCUT2D eigenvalue weighted by Crippen LogP contribution is 2.38. The molecule has 0 radical (unpaired) electrons. The van der Waals surface area contributed by atoms with Crippen molar-refractivity contribution in [1.29, 1.82) is 0 Å².